The van der Waals surface area contributed by atoms with E-state index in [0.717, 1.165) is 25.7 Å². The average Bonchev–Trinajstić information content (AvgIpc) is 3.33. The molecule has 13 rings (SSSR count). The van der Waals surface area contributed by atoms with E-state index in [1.807, 2.05) is 0 Å². The number of aryl methyl sites for hydroxylation is 1. The molecule has 0 spiro atoms. The summed E-state index contributed by atoms with van der Waals surface area (Å²) in [7, 11) is 0. The first-order valence-corrected chi connectivity index (χ1v) is 29.9. The predicted octanol–water partition coefficient (Wildman–Crippen LogP) is 18.4. The zero-order chi connectivity index (χ0) is 55.2. The second kappa shape index (κ2) is 16.5. The number of fused-ring (bicyclic) bond motifs is 9. The SMILES string of the molecule is Cc1cc2c(cc1N1c3ccc(C(C)(C)C)cc3B3c4cc5c(cc4N(c4ccc(C(C)(C)C)cc4-c4ccccc4)c4cc(N6c7ccccc7C7(C)CCCCC67C)cc1c43)C(C)(C)CCC5(C)C)C(C)(C)CC2(C)C. The smallest absolute Gasteiger partial charge is 0.252 e. The third kappa shape index (κ3) is 7.28. The van der Waals surface area contributed by atoms with Crippen LogP contribution in [-0.2, 0) is 37.9 Å². The topological polar surface area (TPSA) is 9.72 Å². The standard InChI is InChI=1S/C74H86BN3/c1-46-37-53-56(72(14,15)45-71(53,12)13)43-62(46)77-61-32-30-49(68(5,6)7)39-57(61)75-58-42-54-55(70(10,11)36-35-69(54,8)9)44-63(58)76(59-31-29-48(67(2,3)4)38-51(59)47-25-19-18-20-26-47)64-40-50(41-65(77)66(64)75)78-60-28-22-21-27-52(60)73(16)33-23-24-34-74(73,78)17/h18-22,25-32,37-44H,23-24,33-36,45H2,1-17H3. The van der Waals surface area contributed by atoms with Crippen molar-refractivity contribution >= 4 is 68.6 Å². The van der Waals surface area contributed by atoms with E-state index in [1.54, 1.807) is 0 Å². The molecule has 0 saturated heterocycles. The van der Waals surface area contributed by atoms with Crippen molar-refractivity contribution in [2.45, 2.75) is 206 Å². The second-order valence-electron chi connectivity index (χ2n) is 30.4. The van der Waals surface area contributed by atoms with E-state index in [2.05, 4.69) is 260 Å². The molecule has 3 aliphatic heterocycles. The minimum absolute atomic E-state index is 0.00456. The molecular weight excluding hydrogens is 942 g/mol. The normalized spacial score (nSPS) is 22.7. The second-order valence-corrected chi connectivity index (χ2v) is 30.4. The summed E-state index contributed by atoms with van der Waals surface area (Å²) in [5.74, 6) is 0. The van der Waals surface area contributed by atoms with Gasteiger partial charge >= 0.3 is 0 Å². The van der Waals surface area contributed by atoms with Crippen molar-refractivity contribution in [3.63, 3.8) is 0 Å². The van der Waals surface area contributed by atoms with Crippen molar-refractivity contribution in [3.8, 4) is 11.1 Å². The fraction of sp³-hybridized carbons (Fsp3) is 0.432. The van der Waals surface area contributed by atoms with Gasteiger partial charge in [0.15, 0.2) is 0 Å². The van der Waals surface area contributed by atoms with E-state index in [1.165, 1.54) is 137 Å². The Hall–Kier alpha value is -6.00. The maximum atomic E-state index is 2.85. The summed E-state index contributed by atoms with van der Waals surface area (Å²) >= 11 is 0. The lowest BCUT2D eigenvalue weighted by Crippen LogP contribution is -2.62. The van der Waals surface area contributed by atoms with E-state index < -0.39 is 0 Å². The Balaban J connectivity index is 1.22. The van der Waals surface area contributed by atoms with Gasteiger partial charge in [-0.1, -0.05) is 196 Å². The Kier molecular flexibility index (Phi) is 10.9. The Morgan fingerprint density at radius 2 is 0.949 bits per heavy atom. The van der Waals surface area contributed by atoms with Crippen LogP contribution in [-0.4, -0.2) is 12.3 Å². The first-order chi connectivity index (χ1) is 36.6. The van der Waals surface area contributed by atoms with Gasteiger partial charge in [-0.05, 0) is 193 Å². The monoisotopic (exact) mass is 1030 g/mol. The van der Waals surface area contributed by atoms with Gasteiger partial charge in [-0.2, -0.15) is 0 Å². The van der Waals surface area contributed by atoms with Crippen LogP contribution in [0.2, 0.25) is 0 Å². The molecule has 0 aromatic heterocycles. The van der Waals surface area contributed by atoms with Crippen molar-refractivity contribution in [3.05, 3.63) is 172 Å². The summed E-state index contributed by atoms with van der Waals surface area (Å²) in [4.78, 5) is 8.39. The lowest BCUT2D eigenvalue weighted by molar-refractivity contribution is 0.195. The molecule has 1 fully saturated rings. The maximum absolute atomic E-state index is 2.85. The molecule has 3 aliphatic carbocycles. The first kappa shape index (κ1) is 51.4. The molecule has 2 unspecified atom stereocenters. The van der Waals surface area contributed by atoms with Gasteiger partial charge in [0, 0.05) is 50.8 Å². The van der Waals surface area contributed by atoms with Gasteiger partial charge in [-0.25, -0.2) is 0 Å². The molecule has 7 aromatic carbocycles. The highest BCUT2D eigenvalue weighted by Crippen LogP contribution is 2.63. The predicted molar refractivity (Wildman–Crippen MR) is 337 cm³/mol. The fourth-order valence-electron chi connectivity index (χ4n) is 16.7. The van der Waals surface area contributed by atoms with E-state index in [-0.39, 0.29) is 50.2 Å². The average molecular weight is 1030 g/mol. The molecule has 400 valence electrons. The lowest BCUT2D eigenvalue weighted by Gasteiger charge is -2.51. The fourth-order valence-corrected chi connectivity index (χ4v) is 16.7. The zero-order valence-electron chi connectivity index (χ0n) is 50.5. The highest BCUT2D eigenvalue weighted by atomic mass is 15.3. The molecule has 0 N–H and O–H groups in total. The van der Waals surface area contributed by atoms with Gasteiger partial charge in [0.1, 0.15) is 0 Å². The largest absolute Gasteiger partial charge is 0.334 e. The number of rotatable bonds is 4. The molecule has 3 heterocycles. The summed E-state index contributed by atoms with van der Waals surface area (Å²) < 4.78 is 0. The number of nitrogens with zero attached hydrogens (tertiary/aromatic N) is 3. The molecule has 2 atom stereocenters. The Bertz CT molecular complexity index is 3650. The van der Waals surface area contributed by atoms with Crippen LogP contribution >= 0.6 is 0 Å². The van der Waals surface area contributed by atoms with Crippen LogP contribution in [0.5, 0.6) is 0 Å². The van der Waals surface area contributed by atoms with Crippen molar-refractivity contribution in [1.29, 1.82) is 0 Å². The molecule has 3 nitrogen and oxygen atoms in total. The number of para-hydroxylation sites is 1. The molecule has 4 heteroatoms. The lowest BCUT2D eigenvalue weighted by atomic mass is 9.33. The van der Waals surface area contributed by atoms with Crippen LogP contribution in [0.1, 0.15) is 200 Å². The van der Waals surface area contributed by atoms with Gasteiger partial charge in [-0.3, -0.25) is 0 Å². The summed E-state index contributed by atoms with van der Waals surface area (Å²) in [6.07, 6.45) is 8.25. The highest BCUT2D eigenvalue weighted by molar-refractivity contribution is 7.00. The number of hydrogen-bond donors (Lipinski definition) is 0. The third-order valence-electron chi connectivity index (χ3n) is 21.3. The van der Waals surface area contributed by atoms with Crippen molar-refractivity contribution in [1.82, 2.24) is 0 Å². The minimum Gasteiger partial charge on any atom is -0.334 e. The Morgan fingerprint density at radius 3 is 1.60 bits per heavy atom. The molecule has 78 heavy (non-hydrogen) atoms. The van der Waals surface area contributed by atoms with Gasteiger partial charge in [0.2, 0.25) is 0 Å². The molecule has 0 radical (unpaired) electrons. The van der Waals surface area contributed by atoms with Gasteiger partial charge in [-0.15, -0.1) is 0 Å². The van der Waals surface area contributed by atoms with Crippen molar-refractivity contribution in [2.75, 3.05) is 14.7 Å². The van der Waals surface area contributed by atoms with Crippen LogP contribution < -0.4 is 31.1 Å². The molecule has 6 aliphatic rings. The van der Waals surface area contributed by atoms with Crippen molar-refractivity contribution < 1.29 is 0 Å². The first-order valence-electron chi connectivity index (χ1n) is 29.9. The third-order valence-corrected chi connectivity index (χ3v) is 21.3. The van der Waals surface area contributed by atoms with Crippen LogP contribution in [0.3, 0.4) is 0 Å². The van der Waals surface area contributed by atoms with Gasteiger partial charge < -0.3 is 14.7 Å². The Labute approximate surface area is 470 Å². The van der Waals surface area contributed by atoms with E-state index in [0.29, 0.717) is 0 Å². The van der Waals surface area contributed by atoms with Gasteiger partial charge in [0.25, 0.3) is 6.71 Å². The number of benzene rings is 7. The maximum Gasteiger partial charge on any atom is 0.252 e. The highest BCUT2D eigenvalue weighted by Gasteiger charge is 2.58. The molecule has 0 amide bonds. The van der Waals surface area contributed by atoms with Crippen LogP contribution in [0.15, 0.2) is 127 Å². The summed E-state index contributed by atoms with van der Waals surface area (Å²) in [6.45, 7) is 41.8. The molecule has 1 saturated carbocycles. The number of hydrogen-bond acceptors (Lipinski definition) is 3. The molecular formula is C74H86BN3. The zero-order valence-corrected chi connectivity index (χ0v) is 50.5. The van der Waals surface area contributed by atoms with Crippen LogP contribution in [0.25, 0.3) is 11.1 Å². The quantitative estimate of drug-likeness (QED) is 0.163. The number of anilines is 8. The van der Waals surface area contributed by atoms with Gasteiger partial charge in [0.05, 0.1) is 11.2 Å². The molecule has 7 aromatic rings. The van der Waals surface area contributed by atoms with Crippen molar-refractivity contribution in [2.24, 2.45) is 0 Å². The van der Waals surface area contributed by atoms with E-state index in [9.17, 15) is 0 Å². The minimum atomic E-state index is -0.136. The summed E-state index contributed by atoms with van der Waals surface area (Å²) in [6, 6.07) is 51.8. The molecule has 0 bridgehead atoms. The van der Waals surface area contributed by atoms with E-state index in [4.69, 9.17) is 0 Å². The summed E-state index contributed by atoms with van der Waals surface area (Å²) in [5, 5.41) is 0. The van der Waals surface area contributed by atoms with E-state index >= 15 is 0 Å². The Morgan fingerprint density at radius 1 is 0.423 bits per heavy atom. The van der Waals surface area contributed by atoms with Crippen LogP contribution in [0.4, 0.5) is 45.5 Å². The van der Waals surface area contributed by atoms with Crippen LogP contribution in [0, 0.1) is 6.92 Å². The summed E-state index contributed by atoms with van der Waals surface area (Å²) in [5.41, 5.74) is 28.6.